The SMILES string of the molecule is CCCCNC(=O)COc1ccccc1C. The molecule has 0 aliphatic rings. The number of benzene rings is 1. The minimum Gasteiger partial charge on any atom is -0.484 e. The third-order valence-electron chi connectivity index (χ3n) is 2.30. The third kappa shape index (κ3) is 4.34. The van der Waals surface area contributed by atoms with Crippen LogP contribution in [0.25, 0.3) is 0 Å². The Morgan fingerprint density at radius 3 is 2.81 bits per heavy atom. The quantitative estimate of drug-likeness (QED) is 0.748. The van der Waals surface area contributed by atoms with Crippen LogP contribution in [-0.4, -0.2) is 19.1 Å². The van der Waals surface area contributed by atoms with Gasteiger partial charge in [-0.3, -0.25) is 4.79 Å². The van der Waals surface area contributed by atoms with E-state index in [1.807, 2.05) is 31.2 Å². The maximum Gasteiger partial charge on any atom is 0.257 e. The first-order valence-corrected chi connectivity index (χ1v) is 5.69. The second-order valence-corrected chi connectivity index (χ2v) is 3.76. The summed E-state index contributed by atoms with van der Waals surface area (Å²) in [4.78, 5) is 11.4. The van der Waals surface area contributed by atoms with Gasteiger partial charge in [0, 0.05) is 6.54 Å². The van der Waals surface area contributed by atoms with Gasteiger partial charge in [-0.15, -0.1) is 0 Å². The second-order valence-electron chi connectivity index (χ2n) is 3.76. The molecule has 0 heterocycles. The fraction of sp³-hybridized carbons (Fsp3) is 0.462. The Bertz CT molecular complexity index is 336. The Labute approximate surface area is 96.8 Å². The monoisotopic (exact) mass is 221 g/mol. The molecule has 0 aliphatic carbocycles. The fourth-order valence-corrected chi connectivity index (χ4v) is 1.32. The van der Waals surface area contributed by atoms with Crippen LogP contribution < -0.4 is 10.1 Å². The van der Waals surface area contributed by atoms with Crippen LogP contribution in [0.4, 0.5) is 0 Å². The Hall–Kier alpha value is -1.51. The van der Waals surface area contributed by atoms with Crippen molar-refractivity contribution in [3.8, 4) is 5.75 Å². The summed E-state index contributed by atoms with van der Waals surface area (Å²) in [6.45, 7) is 4.88. The van der Waals surface area contributed by atoms with E-state index >= 15 is 0 Å². The second kappa shape index (κ2) is 6.88. The number of aryl methyl sites for hydroxylation is 1. The third-order valence-corrected chi connectivity index (χ3v) is 2.30. The molecule has 0 unspecified atom stereocenters. The largest absolute Gasteiger partial charge is 0.484 e. The van der Waals surface area contributed by atoms with Crippen LogP contribution in [0.15, 0.2) is 24.3 Å². The number of hydrogen-bond donors (Lipinski definition) is 1. The van der Waals surface area contributed by atoms with Gasteiger partial charge >= 0.3 is 0 Å². The summed E-state index contributed by atoms with van der Waals surface area (Å²) in [5.74, 6) is 0.713. The molecule has 88 valence electrons. The first-order valence-electron chi connectivity index (χ1n) is 5.69. The number of para-hydroxylation sites is 1. The van der Waals surface area contributed by atoms with Crippen molar-refractivity contribution in [3.63, 3.8) is 0 Å². The lowest BCUT2D eigenvalue weighted by atomic mass is 10.2. The Balaban J connectivity index is 2.29. The van der Waals surface area contributed by atoms with Gasteiger partial charge in [0.1, 0.15) is 5.75 Å². The van der Waals surface area contributed by atoms with Crippen LogP contribution in [0, 0.1) is 6.92 Å². The molecule has 3 heteroatoms. The molecule has 0 spiro atoms. The maximum atomic E-state index is 11.4. The molecule has 1 amide bonds. The van der Waals surface area contributed by atoms with Crippen molar-refractivity contribution in [3.05, 3.63) is 29.8 Å². The standard InChI is InChI=1S/C13H19NO2/c1-3-4-9-14-13(15)10-16-12-8-6-5-7-11(12)2/h5-8H,3-4,9-10H2,1-2H3,(H,14,15). The lowest BCUT2D eigenvalue weighted by Gasteiger charge is -2.08. The van der Waals surface area contributed by atoms with Gasteiger partial charge in [0.25, 0.3) is 5.91 Å². The van der Waals surface area contributed by atoms with Crippen LogP contribution >= 0.6 is 0 Å². The van der Waals surface area contributed by atoms with E-state index in [1.165, 1.54) is 0 Å². The highest BCUT2D eigenvalue weighted by Crippen LogP contribution is 2.15. The molecule has 3 nitrogen and oxygen atoms in total. The summed E-state index contributed by atoms with van der Waals surface area (Å²) < 4.78 is 5.42. The molecule has 0 aromatic heterocycles. The number of rotatable bonds is 6. The van der Waals surface area contributed by atoms with Gasteiger partial charge in [0.05, 0.1) is 0 Å². The minimum atomic E-state index is -0.0586. The zero-order chi connectivity index (χ0) is 11.8. The molecule has 1 aromatic carbocycles. The van der Waals surface area contributed by atoms with Crippen molar-refractivity contribution >= 4 is 5.91 Å². The van der Waals surface area contributed by atoms with E-state index in [0.717, 1.165) is 30.7 Å². The molecule has 16 heavy (non-hydrogen) atoms. The summed E-state index contributed by atoms with van der Waals surface area (Å²) in [6, 6.07) is 7.68. The number of carbonyl (C=O) groups excluding carboxylic acids is 1. The van der Waals surface area contributed by atoms with Gasteiger partial charge in [-0.05, 0) is 25.0 Å². The van der Waals surface area contributed by atoms with Gasteiger partial charge < -0.3 is 10.1 Å². The maximum absolute atomic E-state index is 11.4. The highest BCUT2D eigenvalue weighted by Gasteiger charge is 2.03. The van der Waals surface area contributed by atoms with Crippen LogP contribution in [0.2, 0.25) is 0 Å². The number of hydrogen-bond acceptors (Lipinski definition) is 2. The predicted molar refractivity (Wildman–Crippen MR) is 64.6 cm³/mol. The van der Waals surface area contributed by atoms with Gasteiger partial charge in [-0.2, -0.15) is 0 Å². The molecular weight excluding hydrogens is 202 g/mol. The molecule has 1 aromatic rings. The first kappa shape index (κ1) is 12.6. The lowest BCUT2D eigenvalue weighted by Crippen LogP contribution is -2.29. The molecule has 0 radical (unpaired) electrons. The summed E-state index contributed by atoms with van der Waals surface area (Å²) >= 11 is 0. The van der Waals surface area contributed by atoms with Crippen molar-refractivity contribution < 1.29 is 9.53 Å². The van der Waals surface area contributed by atoms with Crippen LogP contribution in [0.5, 0.6) is 5.75 Å². The van der Waals surface area contributed by atoms with E-state index in [-0.39, 0.29) is 12.5 Å². The van der Waals surface area contributed by atoms with E-state index in [4.69, 9.17) is 4.74 Å². The number of ether oxygens (including phenoxy) is 1. The average molecular weight is 221 g/mol. The van der Waals surface area contributed by atoms with E-state index in [0.29, 0.717) is 0 Å². The normalized spacial score (nSPS) is 9.88. The highest BCUT2D eigenvalue weighted by molar-refractivity contribution is 5.77. The van der Waals surface area contributed by atoms with Gasteiger partial charge in [0.15, 0.2) is 6.61 Å². The van der Waals surface area contributed by atoms with Crippen molar-refractivity contribution in [2.45, 2.75) is 26.7 Å². The summed E-state index contributed by atoms with van der Waals surface area (Å²) in [5.41, 5.74) is 1.05. The minimum absolute atomic E-state index is 0.0586. The fourth-order valence-electron chi connectivity index (χ4n) is 1.32. The molecule has 0 saturated heterocycles. The zero-order valence-corrected chi connectivity index (χ0v) is 9.95. The Morgan fingerprint density at radius 1 is 1.38 bits per heavy atom. The van der Waals surface area contributed by atoms with Crippen LogP contribution in [-0.2, 0) is 4.79 Å². The van der Waals surface area contributed by atoms with Crippen molar-refractivity contribution in [2.75, 3.05) is 13.2 Å². The zero-order valence-electron chi connectivity index (χ0n) is 9.95. The molecule has 0 saturated carbocycles. The van der Waals surface area contributed by atoms with E-state index < -0.39 is 0 Å². The highest BCUT2D eigenvalue weighted by atomic mass is 16.5. The Morgan fingerprint density at radius 2 is 2.12 bits per heavy atom. The molecule has 0 bridgehead atoms. The predicted octanol–water partition coefficient (Wildman–Crippen LogP) is 2.29. The first-order chi connectivity index (χ1) is 7.74. The molecule has 1 rings (SSSR count). The summed E-state index contributed by atoms with van der Waals surface area (Å²) in [7, 11) is 0. The number of nitrogens with one attached hydrogen (secondary N) is 1. The van der Waals surface area contributed by atoms with Crippen LogP contribution in [0.1, 0.15) is 25.3 Å². The molecule has 0 atom stereocenters. The van der Waals surface area contributed by atoms with Crippen molar-refractivity contribution in [2.24, 2.45) is 0 Å². The lowest BCUT2D eigenvalue weighted by molar-refractivity contribution is -0.123. The van der Waals surface area contributed by atoms with E-state index in [1.54, 1.807) is 0 Å². The van der Waals surface area contributed by atoms with Gasteiger partial charge in [0.2, 0.25) is 0 Å². The topological polar surface area (TPSA) is 38.3 Å². The smallest absolute Gasteiger partial charge is 0.257 e. The van der Waals surface area contributed by atoms with Crippen LogP contribution in [0.3, 0.4) is 0 Å². The van der Waals surface area contributed by atoms with E-state index in [9.17, 15) is 4.79 Å². The molecule has 1 N–H and O–H groups in total. The van der Waals surface area contributed by atoms with Gasteiger partial charge in [-0.1, -0.05) is 31.5 Å². The van der Waals surface area contributed by atoms with E-state index in [2.05, 4.69) is 12.2 Å². The summed E-state index contributed by atoms with van der Waals surface area (Å²) in [5, 5.41) is 2.81. The van der Waals surface area contributed by atoms with Gasteiger partial charge in [-0.25, -0.2) is 0 Å². The average Bonchev–Trinajstić information content (AvgIpc) is 2.28. The van der Waals surface area contributed by atoms with Crippen molar-refractivity contribution in [1.29, 1.82) is 0 Å². The molecule has 0 aliphatic heterocycles. The summed E-state index contributed by atoms with van der Waals surface area (Å²) in [6.07, 6.45) is 2.09. The molecular formula is C13H19NO2. The Kier molecular flexibility index (Phi) is 5.40. The number of unbranched alkanes of at least 4 members (excludes halogenated alkanes) is 1. The number of amides is 1. The number of carbonyl (C=O) groups is 1. The molecule has 0 fully saturated rings. The van der Waals surface area contributed by atoms with Crippen molar-refractivity contribution in [1.82, 2.24) is 5.32 Å².